The van der Waals surface area contributed by atoms with Crippen LogP contribution < -0.4 is 11.1 Å². The molecule has 2 saturated heterocycles. The van der Waals surface area contributed by atoms with Crippen molar-refractivity contribution in [1.82, 2.24) is 39.0 Å². The van der Waals surface area contributed by atoms with Crippen molar-refractivity contribution in [2.75, 3.05) is 33.0 Å². The lowest BCUT2D eigenvalue weighted by molar-refractivity contribution is -0.0592. The highest BCUT2D eigenvalue weighted by molar-refractivity contribution is 7.48. The van der Waals surface area contributed by atoms with E-state index in [0.29, 0.717) is 0 Å². The van der Waals surface area contributed by atoms with Gasteiger partial charge >= 0.3 is 15.6 Å². The Morgan fingerprint density at radius 3 is 1.79 bits per heavy atom. The number of nitriles is 2. The van der Waals surface area contributed by atoms with Crippen LogP contribution in [0.1, 0.15) is 25.3 Å². The van der Waals surface area contributed by atoms with Gasteiger partial charge in [-0.3, -0.25) is 45.9 Å². The second-order valence-corrected chi connectivity index (χ2v) is 15.0. The summed E-state index contributed by atoms with van der Waals surface area (Å²) in [6.45, 7) is 0.161. The summed E-state index contributed by atoms with van der Waals surface area (Å²) in [5.41, 5.74) is -1.84. The van der Waals surface area contributed by atoms with E-state index in [4.69, 9.17) is 47.1 Å². The first-order valence-corrected chi connectivity index (χ1v) is 19.4. The Bertz CT molecular complexity index is 2330. The molecule has 0 saturated carbocycles. The maximum absolute atomic E-state index is 16.5. The highest BCUT2D eigenvalue weighted by Gasteiger charge is 2.54. The number of aliphatic hydroxyl groups excluding tert-OH is 1. The average Bonchev–Trinajstić information content (AvgIpc) is 3.95. The van der Waals surface area contributed by atoms with E-state index in [-0.39, 0.29) is 35.2 Å². The number of aliphatic hydroxyl groups is 1. The third-order valence-corrected chi connectivity index (χ3v) is 11.1. The minimum absolute atomic E-state index is 0.0837. The summed E-state index contributed by atoms with van der Waals surface area (Å²) in [6.07, 6.45) is -10.2. The van der Waals surface area contributed by atoms with E-state index in [1.54, 1.807) is 12.1 Å². The summed E-state index contributed by atoms with van der Waals surface area (Å²) in [6, 6.07) is 3.54. The molecule has 0 amide bonds. The highest BCUT2D eigenvalue weighted by atomic mass is 31.2. The Morgan fingerprint density at radius 1 is 0.821 bits per heavy atom. The van der Waals surface area contributed by atoms with Gasteiger partial charge in [0, 0.05) is 0 Å². The molecule has 300 valence electrons. The van der Waals surface area contributed by atoms with Crippen LogP contribution in [0.5, 0.6) is 0 Å². The number of alkyl halides is 2. The van der Waals surface area contributed by atoms with Gasteiger partial charge in [0.2, 0.25) is 0 Å². The number of imidazole rings is 2. The maximum atomic E-state index is 16.5. The van der Waals surface area contributed by atoms with E-state index in [0.717, 1.165) is 34.4 Å². The molecule has 6 heterocycles. The molecule has 2 aliphatic heterocycles. The number of H-pyrrole nitrogens is 2. The lowest BCUT2D eigenvalue weighted by Crippen LogP contribution is -2.36. The molecule has 6 rings (SSSR count). The van der Waals surface area contributed by atoms with Gasteiger partial charge in [-0.2, -0.15) is 10.5 Å². The summed E-state index contributed by atoms with van der Waals surface area (Å²) < 4.78 is 107. The molecule has 2 fully saturated rings. The molecular weight excluding hydrogens is 796 g/mol. The number of aromatic nitrogens is 8. The molecule has 6 unspecified atom stereocenters. The lowest BCUT2D eigenvalue weighted by atomic mass is 10.1. The largest absolute Gasteiger partial charge is 0.475 e. The molecular formula is C29H32F2N10O13P2. The van der Waals surface area contributed by atoms with E-state index in [1.807, 2.05) is 0 Å². The summed E-state index contributed by atoms with van der Waals surface area (Å²) in [7, 11) is -9.77. The summed E-state index contributed by atoms with van der Waals surface area (Å²) in [5.74, 6) is 0. The van der Waals surface area contributed by atoms with E-state index in [9.17, 15) is 23.8 Å². The van der Waals surface area contributed by atoms with Crippen LogP contribution in [0, 0.1) is 22.7 Å². The normalized spacial score (nSPS) is 27.2. The molecule has 0 aliphatic carbocycles. The Morgan fingerprint density at radius 2 is 1.30 bits per heavy atom. The number of phosphoric acid groups is 2. The molecule has 0 bridgehead atoms. The Labute approximate surface area is 312 Å². The highest BCUT2D eigenvalue weighted by Crippen LogP contribution is 2.56. The molecule has 23 nitrogen and oxygen atoms in total. The number of rotatable bonds is 19. The zero-order valence-corrected chi connectivity index (χ0v) is 30.5. The van der Waals surface area contributed by atoms with Crippen LogP contribution in [-0.4, -0.2) is 114 Å². The van der Waals surface area contributed by atoms with Gasteiger partial charge in [0.1, 0.15) is 24.4 Å². The SMILES string of the molecule is C=CCOP(=O)(OCCC#N)O[C@@H]1C(COP(=O)(OCCC#N)O[C@@H]2C(CO)OC(n3cnc4c(=O)[nH]cnc43)[C@@H]2F)OC(n2cnc3c(=O)[nH]cnc32)[C@@H]1F. The first-order chi connectivity index (χ1) is 27.0. The zero-order valence-electron chi connectivity index (χ0n) is 28.7. The lowest BCUT2D eigenvalue weighted by Gasteiger charge is -2.27. The van der Waals surface area contributed by atoms with Crippen molar-refractivity contribution >= 4 is 38.0 Å². The molecule has 2 aliphatic rings. The number of hydrogen-bond acceptors (Lipinski definition) is 19. The van der Waals surface area contributed by atoms with Crippen molar-refractivity contribution in [3.05, 3.63) is 58.7 Å². The summed E-state index contributed by atoms with van der Waals surface area (Å²) in [4.78, 5) is 45.0. The van der Waals surface area contributed by atoms with Gasteiger partial charge in [-0.25, -0.2) is 37.8 Å². The van der Waals surface area contributed by atoms with Crippen molar-refractivity contribution in [1.29, 1.82) is 10.5 Å². The molecule has 27 heteroatoms. The summed E-state index contributed by atoms with van der Waals surface area (Å²) in [5, 5.41) is 28.2. The molecule has 3 N–H and O–H groups in total. The number of halogens is 2. The van der Waals surface area contributed by atoms with Crippen molar-refractivity contribution in [2.24, 2.45) is 0 Å². The van der Waals surface area contributed by atoms with Gasteiger partial charge in [-0.1, -0.05) is 6.08 Å². The molecule has 56 heavy (non-hydrogen) atoms. The fourth-order valence-electron chi connectivity index (χ4n) is 5.68. The second kappa shape index (κ2) is 17.7. The second-order valence-electron chi connectivity index (χ2n) is 11.7. The molecule has 4 aromatic heterocycles. The van der Waals surface area contributed by atoms with Gasteiger partial charge in [0.05, 0.1) is 83.3 Å². The quantitative estimate of drug-likeness (QED) is 0.0689. The van der Waals surface area contributed by atoms with E-state index >= 15 is 8.78 Å². The Balaban J connectivity index is 1.29. The van der Waals surface area contributed by atoms with Crippen LogP contribution in [0.3, 0.4) is 0 Å². The van der Waals surface area contributed by atoms with Gasteiger partial charge in [0.15, 0.2) is 47.1 Å². The van der Waals surface area contributed by atoms with Crippen molar-refractivity contribution < 1.29 is 59.6 Å². The van der Waals surface area contributed by atoms with Crippen LogP contribution in [0.4, 0.5) is 8.78 Å². The van der Waals surface area contributed by atoms with Gasteiger partial charge in [-0.15, -0.1) is 6.58 Å². The third-order valence-electron chi connectivity index (χ3n) is 8.17. The minimum atomic E-state index is -5.05. The average molecular weight is 829 g/mol. The molecule has 0 radical (unpaired) electrons. The van der Waals surface area contributed by atoms with Gasteiger partial charge in [-0.05, 0) is 0 Å². The first-order valence-electron chi connectivity index (χ1n) is 16.5. The van der Waals surface area contributed by atoms with Crippen molar-refractivity contribution in [2.45, 2.75) is 62.1 Å². The van der Waals surface area contributed by atoms with Crippen LogP contribution in [-0.2, 0) is 45.7 Å². The Kier molecular flexibility index (Phi) is 12.9. The monoisotopic (exact) mass is 828 g/mol. The minimum Gasteiger partial charge on any atom is -0.394 e. The van der Waals surface area contributed by atoms with Crippen molar-refractivity contribution in [3.8, 4) is 12.1 Å². The number of aromatic amines is 2. The van der Waals surface area contributed by atoms with Gasteiger partial charge in [0.25, 0.3) is 11.1 Å². The maximum Gasteiger partial charge on any atom is 0.475 e. The number of nitrogens with one attached hydrogen (secondary N) is 2. The van der Waals surface area contributed by atoms with E-state index < -0.39 is 109 Å². The predicted molar refractivity (Wildman–Crippen MR) is 180 cm³/mol. The van der Waals surface area contributed by atoms with Crippen LogP contribution >= 0.6 is 15.6 Å². The van der Waals surface area contributed by atoms with Crippen molar-refractivity contribution in [3.63, 3.8) is 0 Å². The Hall–Kier alpha value is -4.62. The molecule has 0 spiro atoms. The van der Waals surface area contributed by atoms with E-state index in [2.05, 4.69) is 36.5 Å². The fourth-order valence-corrected chi connectivity index (χ4v) is 8.42. The topological polar surface area (TPSA) is 303 Å². The fraction of sp³-hybridized carbons (Fsp3) is 0.517. The number of hydrogen-bond donors (Lipinski definition) is 3. The van der Waals surface area contributed by atoms with E-state index in [1.165, 1.54) is 6.08 Å². The zero-order chi connectivity index (χ0) is 40.0. The number of phosphoric ester groups is 2. The first kappa shape index (κ1) is 41.0. The van der Waals surface area contributed by atoms with Gasteiger partial charge < -0.3 is 24.5 Å². The standard InChI is InChI=1S/C29H32F2N10O13P2/c1-2-7-47-55(45,48-8-3-5-32)54-23-17(52-29(19(23)31)41-15-39-21-25(41)35-13-37-27(21)44)11-50-56(46,49-9-4-6-33)53-22-16(10-42)51-28(18(22)30)40-14-38-20-24(40)34-12-36-26(20)43/h2,12-19,22-23,28-29,42H,1,3-4,7-11H2,(H,34,36,43)(H,35,37,44)/t16?,17?,18-,19-,22-,23-,28?,29?,55?,56?/m1/s1. The summed E-state index contributed by atoms with van der Waals surface area (Å²) >= 11 is 0. The third kappa shape index (κ3) is 8.53. The molecule has 0 aromatic carbocycles. The van der Waals surface area contributed by atoms with Crippen LogP contribution in [0.2, 0.25) is 0 Å². The number of nitrogens with zero attached hydrogens (tertiary/aromatic N) is 8. The molecule has 10 atom stereocenters. The number of fused-ring (bicyclic) bond motifs is 2. The predicted octanol–water partition coefficient (Wildman–Crippen LogP) is 1.78. The van der Waals surface area contributed by atoms with Crippen LogP contribution in [0.15, 0.2) is 47.6 Å². The number of ether oxygens (including phenoxy) is 2. The molecule has 4 aromatic rings. The smallest absolute Gasteiger partial charge is 0.394 e. The van der Waals surface area contributed by atoms with Crippen LogP contribution in [0.25, 0.3) is 22.3 Å².